The van der Waals surface area contributed by atoms with Crippen molar-refractivity contribution < 1.29 is 13.2 Å². The van der Waals surface area contributed by atoms with Crippen molar-refractivity contribution >= 4 is 21.5 Å². The Bertz CT molecular complexity index is 1040. The van der Waals surface area contributed by atoms with Gasteiger partial charge in [-0.3, -0.25) is 9.52 Å². The van der Waals surface area contributed by atoms with Crippen molar-refractivity contribution in [1.29, 1.82) is 0 Å². The van der Waals surface area contributed by atoms with Crippen LogP contribution in [-0.4, -0.2) is 14.2 Å². The molecule has 0 bridgehead atoms. The Kier molecular flexibility index (Phi) is 5.72. The summed E-state index contributed by atoms with van der Waals surface area (Å²) in [6.45, 7) is 2.06. The third-order valence-corrected chi connectivity index (χ3v) is 5.63. The Balaban J connectivity index is 1.99. The van der Waals surface area contributed by atoms with E-state index in [0.29, 0.717) is 11.1 Å². The lowest BCUT2D eigenvalue weighted by atomic mass is 9.95. The van der Waals surface area contributed by atoms with Crippen LogP contribution in [0.15, 0.2) is 83.8 Å². The summed E-state index contributed by atoms with van der Waals surface area (Å²) in [5.74, 6) is -0.189. The largest absolute Gasteiger partial charge is 0.289 e. The lowest BCUT2D eigenvalue weighted by molar-refractivity contribution is 0.103. The summed E-state index contributed by atoms with van der Waals surface area (Å²) in [5, 5.41) is 0. The van der Waals surface area contributed by atoms with Crippen LogP contribution in [0, 0.1) is 0 Å². The topological polar surface area (TPSA) is 63.2 Å². The molecule has 0 unspecified atom stereocenters. The Labute approximate surface area is 159 Å². The first-order chi connectivity index (χ1) is 13.0. The normalized spacial score (nSPS) is 11.1. The van der Waals surface area contributed by atoms with Crippen LogP contribution in [0.4, 0.5) is 5.69 Å². The molecule has 0 heterocycles. The quantitative estimate of drug-likeness (QED) is 0.607. The van der Waals surface area contributed by atoms with Gasteiger partial charge in [0.2, 0.25) is 0 Å². The van der Waals surface area contributed by atoms with Gasteiger partial charge < -0.3 is 0 Å². The van der Waals surface area contributed by atoms with Crippen LogP contribution < -0.4 is 4.72 Å². The zero-order chi connectivity index (χ0) is 19.3. The van der Waals surface area contributed by atoms with Gasteiger partial charge in [-0.25, -0.2) is 8.42 Å². The highest BCUT2D eigenvalue weighted by Gasteiger charge is 2.20. The Morgan fingerprint density at radius 2 is 1.41 bits per heavy atom. The highest BCUT2D eigenvalue weighted by Crippen LogP contribution is 2.24. The van der Waals surface area contributed by atoms with Crippen LogP contribution in [0.5, 0.6) is 0 Å². The Morgan fingerprint density at radius 1 is 0.815 bits per heavy atom. The molecule has 5 heteroatoms. The lowest BCUT2D eigenvalue weighted by Gasteiger charge is -2.13. The number of ketones is 1. The van der Waals surface area contributed by atoms with Gasteiger partial charge in [-0.1, -0.05) is 67.9 Å². The zero-order valence-corrected chi connectivity index (χ0v) is 15.9. The van der Waals surface area contributed by atoms with Crippen molar-refractivity contribution in [3.8, 4) is 0 Å². The van der Waals surface area contributed by atoms with E-state index in [1.54, 1.807) is 48.5 Å². The van der Waals surface area contributed by atoms with Crippen LogP contribution in [0.2, 0.25) is 0 Å². The summed E-state index contributed by atoms with van der Waals surface area (Å²) >= 11 is 0. The van der Waals surface area contributed by atoms with Gasteiger partial charge >= 0.3 is 0 Å². The number of carbonyl (C=O) groups excluding carboxylic acids is 1. The summed E-state index contributed by atoms with van der Waals surface area (Å²) in [4.78, 5) is 13.3. The SMILES string of the molecule is CCCc1ccccc1C(=O)c1ccccc1NS(=O)(=O)c1ccccc1. The predicted molar refractivity (Wildman–Crippen MR) is 108 cm³/mol. The van der Waals surface area contributed by atoms with E-state index in [1.807, 2.05) is 18.2 Å². The Hall–Kier alpha value is -2.92. The van der Waals surface area contributed by atoms with E-state index in [9.17, 15) is 13.2 Å². The molecule has 3 aromatic carbocycles. The van der Waals surface area contributed by atoms with Gasteiger partial charge in [0, 0.05) is 11.1 Å². The van der Waals surface area contributed by atoms with Crippen molar-refractivity contribution in [2.24, 2.45) is 0 Å². The highest BCUT2D eigenvalue weighted by atomic mass is 32.2. The summed E-state index contributed by atoms with van der Waals surface area (Å²) in [6.07, 6.45) is 1.71. The monoisotopic (exact) mass is 379 g/mol. The summed E-state index contributed by atoms with van der Waals surface area (Å²) in [6, 6.07) is 22.3. The van der Waals surface area contributed by atoms with Gasteiger partial charge in [-0.2, -0.15) is 0 Å². The van der Waals surface area contributed by atoms with Gasteiger partial charge in [-0.05, 0) is 36.2 Å². The zero-order valence-electron chi connectivity index (χ0n) is 15.1. The van der Waals surface area contributed by atoms with Gasteiger partial charge in [0.25, 0.3) is 10.0 Å². The van der Waals surface area contributed by atoms with Gasteiger partial charge in [0.15, 0.2) is 5.78 Å². The van der Waals surface area contributed by atoms with Gasteiger partial charge in [0.05, 0.1) is 10.6 Å². The number of sulfonamides is 1. The van der Waals surface area contributed by atoms with Crippen molar-refractivity contribution in [1.82, 2.24) is 0 Å². The molecule has 3 rings (SSSR count). The highest BCUT2D eigenvalue weighted by molar-refractivity contribution is 7.92. The van der Waals surface area contributed by atoms with E-state index in [0.717, 1.165) is 18.4 Å². The second-order valence-corrected chi connectivity index (χ2v) is 7.88. The molecule has 0 aliphatic rings. The average Bonchev–Trinajstić information content (AvgIpc) is 2.69. The van der Waals surface area contributed by atoms with Gasteiger partial charge in [0.1, 0.15) is 0 Å². The average molecular weight is 379 g/mol. The number of nitrogens with one attached hydrogen (secondary N) is 1. The fourth-order valence-electron chi connectivity index (χ4n) is 2.95. The number of carbonyl (C=O) groups is 1. The molecule has 1 N–H and O–H groups in total. The number of benzene rings is 3. The molecular weight excluding hydrogens is 358 g/mol. The minimum Gasteiger partial charge on any atom is -0.289 e. The van der Waals surface area contributed by atoms with E-state index < -0.39 is 10.0 Å². The number of rotatable bonds is 7. The third-order valence-electron chi connectivity index (χ3n) is 4.25. The first-order valence-electron chi connectivity index (χ1n) is 8.82. The minimum atomic E-state index is -3.77. The van der Waals surface area contributed by atoms with Crippen LogP contribution in [0.3, 0.4) is 0 Å². The van der Waals surface area contributed by atoms with Crippen LogP contribution in [0.1, 0.15) is 34.8 Å². The molecular formula is C22H21NO3S. The molecule has 0 atom stereocenters. The van der Waals surface area contributed by atoms with Crippen molar-refractivity contribution in [2.75, 3.05) is 4.72 Å². The molecule has 4 nitrogen and oxygen atoms in total. The molecule has 27 heavy (non-hydrogen) atoms. The molecule has 0 aliphatic heterocycles. The molecule has 0 aliphatic carbocycles. The molecule has 0 aromatic heterocycles. The van der Waals surface area contributed by atoms with E-state index >= 15 is 0 Å². The Morgan fingerprint density at radius 3 is 2.11 bits per heavy atom. The molecule has 0 fully saturated rings. The number of hydrogen-bond acceptors (Lipinski definition) is 3. The second-order valence-electron chi connectivity index (χ2n) is 6.20. The molecule has 138 valence electrons. The smallest absolute Gasteiger partial charge is 0.261 e. The first kappa shape index (κ1) is 18.9. The summed E-state index contributed by atoms with van der Waals surface area (Å²) < 4.78 is 27.9. The number of aryl methyl sites for hydroxylation is 1. The maximum atomic E-state index is 13.2. The van der Waals surface area contributed by atoms with E-state index in [1.165, 1.54) is 12.1 Å². The molecule has 0 amide bonds. The van der Waals surface area contributed by atoms with Crippen molar-refractivity contribution in [2.45, 2.75) is 24.7 Å². The van der Waals surface area contributed by atoms with E-state index in [2.05, 4.69) is 11.6 Å². The van der Waals surface area contributed by atoms with Gasteiger partial charge in [-0.15, -0.1) is 0 Å². The molecule has 0 saturated carbocycles. The lowest BCUT2D eigenvalue weighted by Crippen LogP contribution is -2.16. The van der Waals surface area contributed by atoms with Crippen molar-refractivity contribution in [3.63, 3.8) is 0 Å². The molecule has 0 saturated heterocycles. The standard InChI is InChI=1S/C22H21NO3S/c1-2-10-17-11-6-7-14-19(17)22(24)20-15-8-9-16-21(20)23-27(25,26)18-12-4-3-5-13-18/h3-9,11-16,23H,2,10H2,1H3. The van der Waals surface area contributed by atoms with Crippen LogP contribution in [-0.2, 0) is 16.4 Å². The third kappa shape index (κ3) is 4.26. The maximum absolute atomic E-state index is 13.2. The number of hydrogen-bond donors (Lipinski definition) is 1. The van der Waals surface area contributed by atoms with E-state index in [4.69, 9.17) is 0 Å². The van der Waals surface area contributed by atoms with Crippen molar-refractivity contribution in [3.05, 3.63) is 95.6 Å². The first-order valence-corrected chi connectivity index (χ1v) is 10.3. The molecule has 0 radical (unpaired) electrons. The molecule has 0 spiro atoms. The van der Waals surface area contributed by atoms with Crippen LogP contribution in [0.25, 0.3) is 0 Å². The van der Waals surface area contributed by atoms with E-state index in [-0.39, 0.29) is 16.4 Å². The maximum Gasteiger partial charge on any atom is 0.261 e. The number of anilines is 1. The second kappa shape index (κ2) is 8.18. The fourth-order valence-corrected chi connectivity index (χ4v) is 4.05. The minimum absolute atomic E-state index is 0.152. The molecule has 3 aromatic rings. The summed E-state index contributed by atoms with van der Waals surface area (Å²) in [5.41, 5.74) is 2.18. The fraction of sp³-hybridized carbons (Fsp3) is 0.136. The summed E-state index contributed by atoms with van der Waals surface area (Å²) in [7, 11) is -3.77. The van der Waals surface area contributed by atoms with Crippen LogP contribution >= 0.6 is 0 Å². The number of para-hydroxylation sites is 1. The predicted octanol–water partition coefficient (Wildman–Crippen LogP) is 4.67.